The van der Waals surface area contributed by atoms with E-state index in [4.69, 9.17) is 9.84 Å². The molecular formula is C9H11NO2. The second kappa shape index (κ2) is 4.51. The molecule has 1 heterocycles. The van der Waals surface area contributed by atoms with Crippen LogP contribution in [0, 0.1) is 0 Å². The summed E-state index contributed by atoms with van der Waals surface area (Å²) in [6.45, 7) is 0.0389. The Morgan fingerprint density at radius 1 is 1.58 bits per heavy atom. The van der Waals surface area contributed by atoms with Gasteiger partial charge in [-0.1, -0.05) is 12.2 Å². The fourth-order valence-electron chi connectivity index (χ4n) is 0.827. The van der Waals surface area contributed by atoms with Gasteiger partial charge in [0.1, 0.15) is 5.75 Å². The lowest BCUT2D eigenvalue weighted by atomic mass is 10.2. The zero-order valence-corrected chi connectivity index (χ0v) is 6.90. The van der Waals surface area contributed by atoms with Crippen LogP contribution in [0.2, 0.25) is 0 Å². The van der Waals surface area contributed by atoms with Gasteiger partial charge in [0.15, 0.2) is 0 Å². The highest BCUT2D eigenvalue weighted by atomic mass is 16.5. The van der Waals surface area contributed by atoms with Gasteiger partial charge in [-0.15, -0.1) is 0 Å². The molecule has 0 atom stereocenters. The molecule has 0 unspecified atom stereocenters. The van der Waals surface area contributed by atoms with Gasteiger partial charge in [-0.05, 0) is 11.6 Å². The molecule has 12 heavy (non-hydrogen) atoms. The number of nitrogens with zero attached hydrogens (tertiary/aromatic N) is 1. The lowest BCUT2D eigenvalue weighted by molar-refractivity contribution is 0.343. The molecule has 1 aromatic heterocycles. The second-order valence-corrected chi connectivity index (χ2v) is 2.24. The molecule has 0 saturated heterocycles. The van der Waals surface area contributed by atoms with Gasteiger partial charge in [0.25, 0.3) is 0 Å². The van der Waals surface area contributed by atoms with Gasteiger partial charge in [0.05, 0.1) is 19.9 Å². The first-order valence-corrected chi connectivity index (χ1v) is 3.63. The summed E-state index contributed by atoms with van der Waals surface area (Å²) in [5.41, 5.74) is 0.920. The molecule has 0 aromatic carbocycles. The smallest absolute Gasteiger partial charge is 0.137 e. The molecule has 0 saturated carbocycles. The van der Waals surface area contributed by atoms with E-state index >= 15 is 0 Å². The van der Waals surface area contributed by atoms with Crippen molar-refractivity contribution in [2.24, 2.45) is 0 Å². The van der Waals surface area contributed by atoms with Crippen molar-refractivity contribution in [3.63, 3.8) is 0 Å². The van der Waals surface area contributed by atoms with E-state index in [1.54, 1.807) is 31.7 Å². The van der Waals surface area contributed by atoms with Crippen LogP contribution in [0.1, 0.15) is 5.56 Å². The van der Waals surface area contributed by atoms with E-state index in [-0.39, 0.29) is 6.61 Å². The summed E-state index contributed by atoms with van der Waals surface area (Å²) < 4.78 is 4.98. The van der Waals surface area contributed by atoms with Crippen LogP contribution in [-0.2, 0) is 0 Å². The highest BCUT2D eigenvalue weighted by molar-refractivity contribution is 5.49. The molecule has 64 valence electrons. The molecular weight excluding hydrogens is 154 g/mol. The predicted octanol–water partition coefficient (Wildman–Crippen LogP) is 1.10. The van der Waals surface area contributed by atoms with E-state index in [1.807, 2.05) is 6.07 Å². The molecule has 1 N–H and O–H groups in total. The Morgan fingerprint density at radius 2 is 2.42 bits per heavy atom. The van der Waals surface area contributed by atoms with Crippen LogP contribution in [0.3, 0.4) is 0 Å². The molecule has 0 bridgehead atoms. The zero-order valence-electron chi connectivity index (χ0n) is 6.90. The maximum absolute atomic E-state index is 8.52. The number of rotatable bonds is 3. The molecule has 1 aromatic rings. The lowest BCUT2D eigenvalue weighted by Crippen LogP contribution is -1.85. The monoisotopic (exact) mass is 165 g/mol. The summed E-state index contributed by atoms with van der Waals surface area (Å²) in [4.78, 5) is 3.95. The molecule has 0 spiro atoms. The summed E-state index contributed by atoms with van der Waals surface area (Å²) in [6.07, 6.45) is 6.77. The van der Waals surface area contributed by atoms with E-state index in [2.05, 4.69) is 4.98 Å². The number of hydrogen-bond donors (Lipinski definition) is 1. The normalized spacial score (nSPS) is 10.5. The lowest BCUT2D eigenvalue weighted by Gasteiger charge is -1.98. The van der Waals surface area contributed by atoms with Crippen molar-refractivity contribution in [3.05, 3.63) is 30.1 Å². The molecule has 0 aliphatic carbocycles. The van der Waals surface area contributed by atoms with E-state index in [9.17, 15) is 0 Å². The predicted molar refractivity (Wildman–Crippen MR) is 46.9 cm³/mol. The third kappa shape index (κ3) is 2.36. The average Bonchev–Trinajstić information content (AvgIpc) is 2.15. The summed E-state index contributed by atoms with van der Waals surface area (Å²) in [7, 11) is 1.59. The van der Waals surface area contributed by atoms with E-state index in [0.29, 0.717) is 0 Å². The molecule has 3 heteroatoms. The van der Waals surface area contributed by atoms with E-state index in [0.717, 1.165) is 11.3 Å². The van der Waals surface area contributed by atoms with E-state index in [1.165, 1.54) is 0 Å². The molecule has 0 amide bonds. The first-order valence-electron chi connectivity index (χ1n) is 3.63. The highest BCUT2D eigenvalue weighted by Crippen LogP contribution is 2.10. The SMILES string of the molecule is COc1cncc(C=CCO)c1. The molecule has 0 radical (unpaired) electrons. The number of hydrogen-bond acceptors (Lipinski definition) is 3. The number of aliphatic hydroxyl groups is 1. The van der Waals surface area contributed by atoms with Crippen molar-refractivity contribution < 1.29 is 9.84 Å². The quantitative estimate of drug-likeness (QED) is 0.729. The Bertz CT molecular complexity index is 271. The van der Waals surface area contributed by atoms with Crippen LogP contribution < -0.4 is 4.74 Å². The minimum absolute atomic E-state index is 0.0389. The van der Waals surface area contributed by atoms with Crippen molar-refractivity contribution in [3.8, 4) is 5.75 Å². The number of aliphatic hydroxyl groups excluding tert-OH is 1. The Balaban J connectivity index is 2.79. The fourth-order valence-corrected chi connectivity index (χ4v) is 0.827. The minimum atomic E-state index is 0.0389. The van der Waals surface area contributed by atoms with Crippen LogP contribution >= 0.6 is 0 Å². The van der Waals surface area contributed by atoms with Crippen LogP contribution in [0.4, 0.5) is 0 Å². The first-order chi connectivity index (χ1) is 5.86. The van der Waals surface area contributed by atoms with Crippen LogP contribution in [0.15, 0.2) is 24.5 Å². The summed E-state index contributed by atoms with van der Waals surface area (Å²) in [5, 5.41) is 8.52. The third-order valence-electron chi connectivity index (χ3n) is 1.39. The van der Waals surface area contributed by atoms with Gasteiger partial charge in [-0.3, -0.25) is 4.98 Å². The fraction of sp³-hybridized carbons (Fsp3) is 0.222. The van der Waals surface area contributed by atoms with Gasteiger partial charge >= 0.3 is 0 Å². The van der Waals surface area contributed by atoms with Gasteiger partial charge in [-0.2, -0.15) is 0 Å². The largest absolute Gasteiger partial charge is 0.495 e. The minimum Gasteiger partial charge on any atom is -0.495 e. The van der Waals surface area contributed by atoms with Crippen molar-refractivity contribution in [1.29, 1.82) is 0 Å². The number of methoxy groups -OCH3 is 1. The van der Waals surface area contributed by atoms with Crippen molar-refractivity contribution >= 4 is 6.08 Å². The summed E-state index contributed by atoms with van der Waals surface area (Å²) >= 11 is 0. The van der Waals surface area contributed by atoms with Crippen LogP contribution in [0.25, 0.3) is 6.08 Å². The van der Waals surface area contributed by atoms with Crippen LogP contribution in [-0.4, -0.2) is 23.8 Å². The maximum Gasteiger partial charge on any atom is 0.137 e. The maximum atomic E-state index is 8.52. The van der Waals surface area contributed by atoms with Gasteiger partial charge in [0.2, 0.25) is 0 Å². The average molecular weight is 165 g/mol. The third-order valence-corrected chi connectivity index (χ3v) is 1.39. The molecule has 0 aliphatic heterocycles. The van der Waals surface area contributed by atoms with Gasteiger partial charge in [-0.25, -0.2) is 0 Å². The molecule has 0 aliphatic rings. The molecule has 1 rings (SSSR count). The highest BCUT2D eigenvalue weighted by Gasteiger charge is 1.91. The van der Waals surface area contributed by atoms with Crippen molar-refractivity contribution in [2.45, 2.75) is 0 Å². The number of aromatic nitrogens is 1. The Labute approximate surface area is 71.3 Å². The summed E-state index contributed by atoms with van der Waals surface area (Å²) in [6, 6.07) is 1.85. The van der Waals surface area contributed by atoms with Gasteiger partial charge in [0, 0.05) is 6.20 Å². The van der Waals surface area contributed by atoms with Crippen molar-refractivity contribution in [2.75, 3.05) is 13.7 Å². The Hall–Kier alpha value is -1.35. The summed E-state index contributed by atoms with van der Waals surface area (Å²) in [5.74, 6) is 0.718. The standard InChI is InChI=1S/C9H11NO2/c1-12-9-5-8(3-2-4-11)6-10-7-9/h2-3,5-7,11H,4H2,1H3. The van der Waals surface area contributed by atoms with Gasteiger partial charge < -0.3 is 9.84 Å². The van der Waals surface area contributed by atoms with Crippen molar-refractivity contribution in [1.82, 2.24) is 4.98 Å². The topological polar surface area (TPSA) is 42.4 Å². The number of pyridine rings is 1. The first kappa shape index (κ1) is 8.74. The van der Waals surface area contributed by atoms with E-state index < -0.39 is 0 Å². The molecule has 3 nitrogen and oxygen atoms in total. The molecule has 0 fully saturated rings. The second-order valence-electron chi connectivity index (χ2n) is 2.24. The Morgan fingerprint density at radius 3 is 3.08 bits per heavy atom. The number of ether oxygens (including phenoxy) is 1. The Kier molecular flexibility index (Phi) is 3.29. The van der Waals surface area contributed by atoms with Crippen LogP contribution in [0.5, 0.6) is 5.75 Å². The zero-order chi connectivity index (χ0) is 8.81.